The molecule has 0 bridgehead atoms. The summed E-state index contributed by atoms with van der Waals surface area (Å²) >= 11 is 6.52. The van der Waals surface area contributed by atoms with Gasteiger partial charge in [-0.2, -0.15) is 0 Å². The average Bonchev–Trinajstić information content (AvgIpc) is 2.71. The van der Waals surface area contributed by atoms with Crippen LogP contribution in [0.2, 0.25) is 0 Å². The number of halogens is 2. The summed E-state index contributed by atoms with van der Waals surface area (Å²) in [6.07, 6.45) is -0.902. The number of nitro groups is 1. The van der Waals surface area contributed by atoms with Crippen LogP contribution in [0.4, 0.5) is 28.4 Å². The Morgan fingerprint density at radius 1 is 1.26 bits per heavy atom. The molecule has 0 radical (unpaired) electrons. The van der Waals surface area contributed by atoms with Gasteiger partial charge in [0.2, 0.25) is 5.91 Å². The van der Waals surface area contributed by atoms with Crippen LogP contribution in [0.1, 0.15) is 13.8 Å². The molecule has 12 heteroatoms. The molecule has 2 aromatic rings. The summed E-state index contributed by atoms with van der Waals surface area (Å²) in [5.41, 5.74) is 1.74. The van der Waals surface area contributed by atoms with Gasteiger partial charge in [-0.25, -0.2) is 0 Å². The lowest BCUT2D eigenvalue weighted by Crippen LogP contribution is -2.34. The van der Waals surface area contributed by atoms with Crippen molar-refractivity contribution < 1.29 is 19.9 Å². The van der Waals surface area contributed by atoms with E-state index in [4.69, 9.17) is 5.11 Å². The van der Waals surface area contributed by atoms with Crippen molar-refractivity contribution in [3.05, 3.63) is 49.4 Å². The van der Waals surface area contributed by atoms with Crippen molar-refractivity contribution in [2.45, 2.75) is 20.0 Å². The first-order chi connectivity index (χ1) is 14.7. The Morgan fingerprint density at radius 3 is 2.42 bits per heavy atom. The molecule has 2 aromatic carbocycles. The molecule has 3 N–H and O–H groups in total. The highest BCUT2D eigenvalue weighted by Crippen LogP contribution is 2.39. The minimum Gasteiger partial charge on any atom is -0.394 e. The molecule has 0 spiro atoms. The van der Waals surface area contributed by atoms with E-state index in [9.17, 15) is 20.0 Å². The van der Waals surface area contributed by atoms with Gasteiger partial charge in [-0.15, -0.1) is 10.2 Å². The van der Waals surface area contributed by atoms with Crippen molar-refractivity contribution in [2.24, 2.45) is 10.2 Å². The SMILES string of the molecule is CCN(CC(O)CO)c1ccc(N=Nc2c(Br)cc([N+](=O)[O-])cc2Br)c(NC(C)=O)c1. The number of likely N-dealkylation sites (N-methyl/N-ethyl adjacent to an activating group) is 1. The first-order valence-corrected chi connectivity index (χ1v) is 10.8. The van der Waals surface area contributed by atoms with Gasteiger partial charge in [0.05, 0.1) is 32.3 Å². The number of carbonyl (C=O) groups is 1. The number of rotatable bonds is 9. The van der Waals surface area contributed by atoms with Crippen LogP contribution in [-0.2, 0) is 4.79 Å². The number of hydrogen-bond acceptors (Lipinski definition) is 8. The molecular weight excluding hydrogens is 538 g/mol. The van der Waals surface area contributed by atoms with Crippen LogP contribution in [0.15, 0.2) is 49.5 Å². The Balaban J connectivity index is 2.42. The van der Waals surface area contributed by atoms with Crippen LogP contribution in [0, 0.1) is 10.1 Å². The average molecular weight is 559 g/mol. The van der Waals surface area contributed by atoms with Crippen molar-refractivity contribution >= 4 is 66.2 Å². The van der Waals surface area contributed by atoms with Crippen LogP contribution in [-0.4, -0.2) is 46.8 Å². The number of aliphatic hydroxyl groups excluding tert-OH is 2. The number of benzene rings is 2. The molecule has 0 aromatic heterocycles. The van der Waals surface area contributed by atoms with E-state index in [2.05, 4.69) is 47.4 Å². The topological polar surface area (TPSA) is 141 Å². The first-order valence-electron chi connectivity index (χ1n) is 9.16. The number of amides is 1. The van der Waals surface area contributed by atoms with Gasteiger partial charge in [0.15, 0.2) is 0 Å². The van der Waals surface area contributed by atoms with Gasteiger partial charge in [0.1, 0.15) is 11.4 Å². The first kappa shape index (κ1) is 24.9. The van der Waals surface area contributed by atoms with Gasteiger partial charge in [-0.3, -0.25) is 14.9 Å². The van der Waals surface area contributed by atoms with Crippen LogP contribution >= 0.6 is 31.9 Å². The highest BCUT2D eigenvalue weighted by molar-refractivity contribution is 9.11. The fourth-order valence-corrected chi connectivity index (χ4v) is 4.00. The molecule has 2 rings (SSSR count). The fraction of sp³-hybridized carbons (Fsp3) is 0.316. The van der Waals surface area contributed by atoms with E-state index in [0.29, 0.717) is 32.6 Å². The molecule has 0 aliphatic carbocycles. The van der Waals surface area contributed by atoms with E-state index < -0.39 is 11.0 Å². The highest BCUT2D eigenvalue weighted by Gasteiger charge is 2.16. The number of carbonyl (C=O) groups excluding carboxylic acids is 1. The van der Waals surface area contributed by atoms with Crippen LogP contribution < -0.4 is 10.2 Å². The third-order valence-corrected chi connectivity index (χ3v) is 5.36. The number of hydrogen-bond donors (Lipinski definition) is 3. The third kappa shape index (κ3) is 6.79. The second kappa shape index (κ2) is 11.3. The zero-order valence-corrected chi connectivity index (χ0v) is 19.9. The third-order valence-electron chi connectivity index (χ3n) is 4.15. The lowest BCUT2D eigenvalue weighted by molar-refractivity contribution is -0.385. The summed E-state index contributed by atoms with van der Waals surface area (Å²) in [5, 5.41) is 40.9. The molecule has 10 nitrogen and oxygen atoms in total. The Bertz CT molecular complexity index is 979. The molecule has 1 atom stereocenters. The molecule has 0 aliphatic rings. The summed E-state index contributed by atoms with van der Waals surface area (Å²) < 4.78 is 0.760. The standard InChI is InChI=1S/C19H21Br2N5O5/c1-3-25(9-14(29)10-27)12-4-5-17(18(8-12)22-11(2)28)23-24-19-15(20)6-13(26(30)31)7-16(19)21/h4-8,14,27,29H,3,9-10H2,1-2H3,(H,22,28). The summed E-state index contributed by atoms with van der Waals surface area (Å²) in [6.45, 7) is 3.69. The van der Waals surface area contributed by atoms with Gasteiger partial charge in [-0.05, 0) is 57.0 Å². The van der Waals surface area contributed by atoms with E-state index in [-0.39, 0.29) is 24.7 Å². The predicted molar refractivity (Wildman–Crippen MR) is 124 cm³/mol. The Hall–Kier alpha value is -2.41. The Kier molecular flexibility index (Phi) is 9.04. The quantitative estimate of drug-likeness (QED) is 0.232. The largest absolute Gasteiger partial charge is 0.394 e. The minimum atomic E-state index is -0.902. The van der Waals surface area contributed by atoms with Gasteiger partial charge >= 0.3 is 0 Å². The number of nitrogens with one attached hydrogen (secondary N) is 1. The van der Waals surface area contributed by atoms with Crippen molar-refractivity contribution in [3.8, 4) is 0 Å². The van der Waals surface area contributed by atoms with E-state index in [1.165, 1.54) is 19.1 Å². The van der Waals surface area contributed by atoms with Gasteiger partial charge in [0, 0.05) is 37.8 Å². The summed E-state index contributed by atoms with van der Waals surface area (Å²) in [4.78, 5) is 24.0. The monoisotopic (exact) mass is 557 g/mol. The van der Waals surface area contributed by atoms with Crippen molar-refractivity contribution in [3.63, 3.8) is 0 Å². The minimum absolute atomic E-state index is 0.106. The van der Waals surface area contributed by atoms with Gasteiger partial charge in [0.25, 0.3) is 5.69 Å². The molecule has 1 unspecified atom stereocenters. The van der Waals surface area contributed by atoms with Crippen molar-refractivity contribution in [1.82, 2.24) is 0 Å². The number of anilines is 2. The fourth-order valence-electron chi connectivity index (χ4n) is 2.68. The van der Waals surface area contributed by atoms with E-state index in [1.807, 2.05) is 11.8 Å². The molecule has 31 heavy (non-hydrogen) atoms. The smallest absolute Gasteiger partial charge is 0.271 e. The normalized spacial score (nSPS) is 12.1. The predicted octanol–water partition coefficient (Wildman–Crippen LogP) is 4.67. The molecule has 0 fully saturated rings. The number of nitrogens with zero attached hydrogens (tertiary/aromatic N) is 4. The molecular formula is C19H21Br2N5O5. The van der Waals surface area contributed by atoms with Gasteiger partial charge in [-0.1, -0.05) is 0 Å². The molecule has 0 saturated carbocycles. The van der Waals surface area contributed by atoms with Crippen molar-refractivity contribution in [1.29, 1.82) is 0 Å². The maximum atomic E-state index is 11.7. The maximum absolute atomic E-state index is 11.7. The lowest BCUT2D eigenvalue weighted by Gasteiger charge is -2.26. The Morgan fingerprint density at radius 2 is 1.90 bits per heavy atom. The lowest BCUT2D eigenvalue weighted by atomic mass is 10.2. The second-order valence-electron chi connectivity index (χ2n) is 6.47. The number of azo groups is 1. The molecule has 1 amide bonds. The number of aliphatic hydroxyl groups is 2. The number of non-ortho nitro benzene ring substituents is 1. The maximum Gasteiger partial charge on any atom is 0.271 e. The van der Waals surface area contributed by atoms with E-state index in [0.717, 1.165) is 5.69 Å². The molecule has 0 saturated heterocycles. The highest BCUT2D eigenvalue weighted by atomic mass is 79.9. The molecule has 166 valence electrons. The van der Waals surface area contributed by atoms with E-state index in [1.54, 1.807) is 18.2 Å². The summed E-state index contributed by atoms with van der Waals surface area (Å²) in [6, 6.07) is 7.76. The summed E-state index contributed by atoms with van der Waals surface area (Å²) in [7, 11) is 0. The zero-order chi connectivity index (χ0) is 23.1. The Labute approximate surface area is 195 Å². The van der Waals surface area contributed by atoms with Crippen LogP contribution in [0.5, 0.6) is 0 Å². The number of nitro benzene ring substituents is 1. The second-order valence-corrected chi connectivity index (χ2v) is 8.18. The van der Waals surface area contributed by atoms with Gasteiger partial charge < -0.3 is 20.4 Å². The van der Waals surface area contributed by atoms with E-state index >= 15 is 0 Å². The zero-order valence-electron chi connectivity index (χ0n) is 16.7. The summed E-state index contributed by atoms with van der Waals surface area (Å²) in [5.74, 6) is -0.301. The molecule has 0 heterocycles. The van der Waals surface area contributed by atoms with Crippen molar-refractivity contribution in [2.75, 3.05) is 29.9 Å². The van der Waals surface area contributed by atoms with Crippen LogP contribution in [0.25, 0.3) is 0 Å². The molecule has 0 aliphatic heterocycles. The van der Waals surface area contributed by atoms with Crippen LogP contribution in [0.3, 0.4) is 0 Å².